The highest BCUT2D eigenvalue weighted by Gasteiger charge is 2.21. The monoisotopic (exact) mass is 646 g/mol. The summed E-state index contributed by atoms with van der Waals surface area (Å²) in [6.45, 7) is 0. The molecular weight excluding hydrogens is 617 g/mol. The molecule has 10 aromatic carbocycles. The fourth-order valence-electron chi connectivity index (χ4n) is 8.66. The molecule has 1 heteroatoms. The molecule has 0 saturated carbocycles. The second kappa shape index (κ2) is 10.9. The van der Waals surface area contributed by atoms with Crippen LogP contribution in [0.4, 0.5) is 0 Å². The predicted octanol–water partition coefficient (Wildman–Crippen LogP) is 14.3. The zero-order chi connectivity index (χ0) is 33.5. The van der Waals surface area contributed by atoms with Crippen molar-refractivity contribution in [3.63, 3.8) is 0 Å². The van der Waals surface area contributed by atoms with Crippen LogP contribution in [0.15, 0.2) is 186 Å². The van der Waals surface area contributed by atoms with Gasteiger partial charge in [-0.3, -0.25) is 0 Å². The van der Waals surface area contributed by atoms with Gasteiger partial charge in [0.25, 0.3) is 0 Å². The Kier molecular flexibility index (Phi) is 6.02. The maximum atomic E-state index is 6.32. The van der Waals surface area contributed by atoms with Crippen molar-refractivity contribution in [1.82, 2.24) is 0 Å². The number of hydrogen-bond acceptors (Lipinski definition) is 1. The van der Waals surface area contributed by atoms with Gasteiger partial charge in [0.1, 0.15) is 11.2 Å². The van der Waals surface area contributed by atoms with Crippen LogP contribution in [0.2, 0.25) is 0 Å². The van der Waals surface area contributed by atoms with E-state index in [-0.39, 0.29) is 0 Å². The highest BCUT2D eigenvalue weighted by molar-refractivity contribution is 6.28. The van der Waals surface area contributed by atoms with Crippen LogP contribution in [-0.4, -0.2) is 0 Å². The minimum Gasteiger partial charge on any atom is -0.456 e. The highest BCUT2D eigenvalue weighted by Crippen LogP contribution is 2.48. The van der Waals surface area contributed by atoms with Crippen molar-refractivity contribution in [2.24, 2.45) is 0 Å². The molecule has 0 amide bonds. The smallest absolute Gasteiger partial charge is 0.136 e. The molecule has 0 N–H and O–H groups in total. The summed E-state index contributed by atoms with van der Waals surface area (Å²) in [5.74, 6) is 0. The first-order valence-corrected chi connectivity index (χ1v) is 17.6. The van der Waals surface area contributed by atoms with Gasteiger partial charge >= 0.3 is 0 Å². The van der Waals surface area contributed by atoms with Crippen LogP contribution in [0.1, 0.15) is 0 Å². The van der Waals surface area contributed by atoms with E-state index in [1.165, 1.54) is 98.4 Å². The lowest BCUT2D eigenvalue weighted by atomic mass is 9.83. The van der Waals surface area contributed by atoms with Crippen LogP contribution in [0, 0.1) is 0 Å². The maximum absolute atomic E-state index is 6.32. The van der Waals surface area contributed by atoms with Crippen molar-refractivity contribution in [3.05, 3.63) is 182 Å². The molecule has 1 nitrogen and oxygen atoms in total. The third-order valence-corrected chi connectivity index (χ3v) is 10.8. The lowest BCUT2D eigenvalue weighted by molar-refractivity contribution is 0.669. The van der Waals surface area contributed by atoms with Crippen LogP contribution >= 0.6 is 0 Å². The number of fused-ring (bicyclic) bond motifs is 3. The lowest BCUT2D eigenvalue weighted by Gasteiger charge is -2.20. The van der Waals surface area contributed by atoms with E-state index in [0.717, 1.165) is 11.2 Å². The van der Waals surface area contributed by atoms with Gasteiger partial charge in [-0.15, -0.1) is 0 Å². The molecule has 0 saturated heterocycles. The summed E-state index contributed by atoms with van der Waals surface area (Å²) in [6, 6.07) is 66.4. The predicted molar refractivity (Wildman–Crippen MR) is 217 cm³/mol. The Hall–Kier alpha value is -6.70. The third-order valence-electron chi connectivity index (χ3n) is 10.8. The largest absolute Gasteiger partial charge is 0.456 e. The van der Waals surface area contributed by atoms with E-state index >= 15 is 0 Å². The van der Waals surface area contributed by atoms with E-state index in [2.05, 4.69) is 182 Å². The number of hydrogen-bond donors (Lipinski definition) is 0. The molecule has 1 heterocycles. The molecule has 1 aromatic heterocycles. The Bertz CT molecular complexity index is 3070. The van der Waals surface area contributed by atoms with Crippen LogP contribution in [0.5, 0.6) is 0 Å². The summed E-state index contributed by atoms with van der Waals surface area (Å²) in [5, 5.41) is 12.4. The van der Waals surface area contributed by atoms with Gasteiger partial charge < -0.3 is 4.42 Å². The second-order valence-electron chi connectivity index (χ2n) is 13.6. The van der Waals surface area contributed by atoms with Gasteiger partial charge in [0.05, 0.1) is 0 Å². The molecule has 11 rings (SSSR count). The van der Waals surface area contributed by atoms with Crippen molar-refractivity contribution in [3.8, 4) is 44.5 Å². The lowest BCUT2D eigenvalue weighted by Crippen LogP contribution is -1.93. The fourth-order valence-corrected chi connectivity index (χ4v) is 8.66. The van der Waals surface area contributed by atoms with Crippen molar-refractivity contribution >= 4 is 65.0 Å². The van der Waals surface area contributed by atoms with E-state index in [9.17, 15) is 0 Å². The number of furan rings is 1. The van der Waals surface area contributed by atoms with Crippen LogP contribution in [-0.2, 0) is 0 Å². The molecule has 51 heavy (non-hydrogen) atoms. The van der Waals surface area contributed by atoms with E-state index in [4.69, 9.17) is 4.42 Å². The first-order valence-electron chi connectivity index (χ1n) is 17.6. The first-order chi connectivity index (χ1) is 25.3. The van der Waals surface area contributed by atoms with Gasteiger partial charge in [-0.1, -0.05) is 158 Å². The molecule has 0 bridgehead atoms. The van der Waals surface area contributed by atoms with Crippen LogP contribution < -0.4 is 0 Å². The highest BCUT2D eigenvalue weighted by atomic mass is 16.3. The molecule has 0 fully saturated rings. The van der Waals surface area contributed by atoms with E-state index < -0.39 is 0 Å². The number of rotatable bonds is 4. The summed E-state index contributed by atoms with van der Waals surface area (Å²) >= 11 is 0. The SMILES string of the molecule is c1ccc(-c2cccc(-c3c4ccccc4c(-c4ccc(-c5cc6cccc7oc8cccc5c8c67)c5ccccc45)c4ccccc34)c2)cc1. The normalized spacial score (nSPS) is 11.9. The van der Waals surface area contributed by atoms with Gasteiger partial charge in [0.15, 0.2) is 0 Å². The molecule has 0 unspecified atom stereocenters. The summed E-state index contributed by atoms with van der Waals surface area (Å²) < 4.78 is 6.32. The Labute approximate surface area is 295 Å². The van der Waals surface area contributed by atoms with Crippen molar-refractivity contribution < 1.29 is 4.42 Å². The first kappa shape index (κ1) is 28.2. The van der Waals surface area contributed by atoms with Crippen LogP contribution in [0.3, 0.4) is 0 Å². The van der Waals surface area contributed by atoms with Gasteiger partial charge in [0.2, 0.25) is 0 Å². The molecular formula is C50H30O. The maximum Gasteiger partial charge on any atom is 0.136 e. The van der Waals surface area contributed by atoms with E-state index in [0.29, 0.717) is 0 Å². The summed E-state index contributed by atoms with van der Waals surface area (Å²) in [4.78, 5) is 0. The van der Waals surface area contributed by atoms with Crippen molar-refractivity contribution in [1.29, 1.82) is 0 Å². The van der Waals surface area contributed by atoms with Crippen molar-refractivity contribution in [2.45, 2.75) is 0 Å². The van der Waals surface area contributed by atoms with Gasteiger partial charge in [-0.05, 0) is 112 Å². The second-order valence-corrected chi connectivity index (χ2v) is 13.6. The zero-order valence-electron chi connectivity index (χ0n) is 27.7. The van der Waals surface area contributed by atoms with Crippen LogP contribution in [0.25, 0.3) is 110 Å². The quantitative estimate of drug-likeness (QED) is 0.137. The Morgan fingerprint density at radius 3 is 1.51 bits per heavy atom. The van der Waals surface area contributed by atoms with Crippen molar-refractivity contribution in [2.75, 3.05) is 0 Å². The average Bonchev–Trinajstić information content (AvgIpc) is 3.59. The molecule has 0 aliphatic heterocycles. The van der Waals surface area contributed by atoms with Gasteiger partial charge in [0, 0.05) is 10.8 Å². The number of benzene rings is 10. The Morgan fingerprint density at radius 2 is 0.784 bits per heavy atom. The molecule has 0 aliphatic carbocycles. The molecule has 0 radical (unpaired) electrons. The third kappa shape index (κ3) is 4.16. The van der Waals surface area contributed by atoms with Gasteiger partial charge in [-0.25, -0.2) is 0 Å². The molecule has 0 aliphatic rings. The minimum atomic E-state index is 0.939. The summed E-state index contributed by atoms with van der Waals surface area (Å²) in [6.07, 6.45) is 0. The zero-order valence-corrected chi connectivity index (χ0v) is 27.7. The van der Waals surface area contributed by atoms with E-state index in [1.54, 1.807) is 0 Å². The fraction of sp³-hybridized carbons (Fsp3) is 0. The molecule has 236 valence electrons. The minimum absolute atomic E-state index is 0.939. The van der Waals surface area contributed by atoms with Gasteiger partial charge in [-0.2, -0.15) is 0 Å². The standard InChI is InChI=1S/C50H30O/c1-2-13-31(14-3-1)32-15-10-16-33(29-32)47-38-20-6-8-22-40(38)49(41-23-9-7-21-39(41)47)43-28-27-37(35-18-4-5-19-36(35)43)44-30-34-17-11-25-45-48(34)50-42(44)24-12-26-46(50)51-45/h1-30H. The summed E-state index contributed by atoms with van der Waals surface area (Å²) in [5.41, 5.74) is 11.8. The Morgan fingerprint density at radius 1 is 0.275 bits per heavy atom. The summed E-state index contributed by atoms with van der Waals surface area (Å²) in [7, 11) is 0. The molecule has 0 spiro atoms. The topological polar surface area (TPSA) is 13.1 Å². The Balaban J connectivity index is 1.19. The molecule has 0 atom stereocenters. The average molecular weight is 647 g/mol. The molecule has 11 aromatic rings. The van der Waals surface area contributed by atoms with E-state index in [1.807, 2.05) is 0 Å².